The summed E-state index contributed by atoms with van der Waals surface area (Å²) in [4.78, 5) is 26.5. The Morgan fingerprint density at radius 2 is 1.76 bits per heavy atom. The van der Waals surface area contributed by atoms with E-state index >= 15 is 0 Å². The highest BCUT2D eigenvalue weighted by molar-refractivity contribution is 6.36. The Morgan fingerprint density at radius 3 is 2.54 bits per heavy atom. The lowest BCUT2D eigenvalue weighted by atomic mass is 10.0. The molecule has 0 fully saturated rings. The number of aromatic hydroxyl groups is 1. The zero-order chi connectivity index (χ0) is 26.4. The highest BCUT2D eigenvalue weighted by Crippen LogP contribution is 2.28. The van der Waals surface area contributed by atoms with Gasteiger partial charge in [0.1, 0.15) is 5.75 Å². The van der Waals surface area contributed by atoms with Crippen molar-refractivity contribution in [2.24, 2.45) is 0 Å². The largest absolute Gasteiger partial charge is 0.506 e. The maximum absolute atomic E-state index is 12.3. The second-order valence-electron chi connectivity index (χ2n) is 8.46. The number of aliphatic hydroxyl groups is 1. The van der Waals surface area contributed by atoms with Gasteiger partial charge in [-0.15, -0.1) is 0 Å². The van der Waals surface area contributed by atoms with E-state index in [0.29, 0.717) is 50.7 Å². The number of benzene rings is 3. The molecule has 0 saturated heterocycles. The number of fused-ring (bicyclic) bond motifs is 1. The minimum atomic E-state index is -0.836. The van der Waals surface area contributed by atoms with Crippen molar-refractivity contribution in [3.05, 3.63) is 104 Å². The second-order valence-corrected chi connectivity index (χ2v) is 9.28. The number of H-pyrrole nitrogens is 1. The van der Waals surface area contributed by atoms with E-state index in [4.69, 9.17) is 23.2 Å². The third-order valence-electron chi connectivity index (χ3n) is 5.87. The number of pyridine rings is 1. The fraction of sp³-hybridized carbons (Fsp3) is 0.185. The number of nitrogens with one attached hydrogen (secondary N) is 4. The summed E-state index contributed by atoms with van der Waals surface area (Å²) in [5.74, 6) is -0.0496. The van der Waals surface area contributed by atoms with E-state index in [2.05, 4.69) is 20.9 Å². The van der Waals surface area contributed by atoms with Crippen LogP contribution in [0.4, 0.5) is 10.5 Å². The van der Waals surface area contributed by atoms with Gasteiger partial charge in [-0.3, -0.25) is 4.79 Å². The Bertz CT molecular complexity index is 1450. The number of carbonyl (C=O) groups excluding carboxylic acids is 1. The number of aliphatic hydroxyl groups excluding tert-OH is 1. The SMILES string of the molecule is O=C(NCc1c(Cl)cccc1Cl)Nc1cccc(CCNC[C@@H](O)c2ccc(O)c3[nH]c(=O)ccc23)c1. The Balaban J connectivity index is 1.27. The molecule has 0 aliphatic rings. The molecular weight excluding hydrogens is 515 g/mol. The number of aromatic amines is 1. The predicted octanol–water partition coefficient (Wildman–Crippen LogP) is 4.73. The summed E-state index contributed by atoms with van der Waals surface area (Å²) < 4.78 is 0. The molecule has 0 aliphatic carbocycles. The van der Waals surface area contributed by atoms with Gasteiger partial charge in [-0.25, -0.2) is 4.79 Å². The number of phenolic OH excluding ortho intramolecular Hbond substituents is 1. The highest BCUT2D eigenvalue weighted by Gasteiger charge is 2.14. The standard InChI is InChI=1S/C27H26Cl2N4O4/c28-21-5-2-6-22(29)20(21)14-31-27(37)32-17-4-1-3-16(13-17)11-12-30-15-24(35)18-7-9-23(34)26-19(18)8-10-25(36)33-26/h1-10,13,24,30,34-35H,11-12,14-15H2,(H,33,36)(H2,31,32,37)/t24-/m1/s1. The van der Waals surface area contributed by atoms with E-state index in [1.54, 1.807) is 36.4 Å². The molecule has 0 spiro atoms. The minimum absolute atomic E-state index is 0.0496. The molecular formula is C27H26Cl2N4O4. The topological polar surface area (TPSA) is 126 Å². The molecule has 0 radical (unpaired) electrons. The van der Waals surface area contributed by atoms with Crippen LogP contribution in [0.1, 0.15) is 22.8 Å². The van der Waals surface area contributed by atoms with Gasteiger partial charge in [0.2, 0.25) is 5.56 Å². The molecule has 0 saturated carbocycles. The van der Waals surface area contributed by atoms with Crippen molar-refractivity contribution in [3.63, 3.8) is 0 Å². The maximum atomic E-state index is 12.3. The van der Waals surface area contributed by atoms with Crippen LogP contribution >= 0.6 is 23.2 Å². The van der Waals surface area contributed by atoms with Crippen molar-refractivity contribution in [1.82, 2.24) is 15.6 Å². The van der Waals surface area contributed by atoms with Crippen LogP contribution in [0.5, 0.6) is 5.75 Å². The van der Waals surface area contributed by atoms with Crippen LogP contribution < -0.4 is 21.5 Å². The molecule has 1 heterocycles. The molecule has 0 unspecified atom stereocenters. The lowest BCUT2D eigenvalue weighted by molar-refractivity contribution is 0.176. The first-order chi connectivity index (χ1) is 17.8. The van der Waals surface area contributed by atoms with Crippen molar-refractivity contribution >= 4 is 45.8 Å². The first kappa shape index (κ1) is 26.5. The lowest BCUT2D eigenvalue weighted by Gasteiger charge is -2.15. The molecule has 37 heavy (non-hydrogen) atoms. The number of carbonyl (C=O) groups is 1. The minimum Gasteiger partial charge on any atom is -0.506 e. The summed E-state index contributed by atoms with van der Waals surface area (Å²) in [6.45, 7) is 1.07. The van der Waals surface area contributed by atoms with Gasteiger partial charge in [-0.2, -0.15) is 0 Å². The fourth-order valence-electron chi connectivity index (χ4n) is 3.98. The smallest absolute Gasteiger partial charge is 0.319 e. The van der Waals surface area contributed by atoms with Crippen LogP contribution in [0.25, 0.3) is 10.9 Å². The zero-order valence-corrected chi connectivity index (χ0v) is 21.2. The van der Waals surface area contributed by atoms with Crippen LogP contribution in [0.15, 0.2) is 71.5 Å². The van der Waals surface area contributed by atoms with Crippen LogP contribution in [-0.2, 0) is 13.0 Å². The summed E-state index contributed by atoms with van der Waals surface area (Å²) in [5, 5.41) is 31.0. The Labute approximate surface area is 223 Å². The molecule has 4 rings (SSSR count). The fourth-order valence-corrected chi connectivity index (χ4v) is 4.51. The molecule has 1 aromatic heterocycles. The van der Waals surface area contributed by atoms with Crippen molar-refractivity contribution in [3.8, 4) is 5.75 Å². The van der Waals surface area contributed by atoms with Crippen LogP contribution in [-0.4, -0.2) is 34.3 Å². The van der Waals surface area contributed by atoms with E-state index in [0.717, 1.165) is 5.56 Å². The summed E-state index contributed by atoms with van der Waals surface area (Å²) in [5.41, 5.74) is 2.87. The Hall–Kier alpha value is -3.56. The molecule has 192 valence electrons. The van der Waals surface area contributed by atoms with Gasteiger partial charge in [0.15, 0.2) is 0 Å². The Kier molecular flexibility index (Phi) is 8.68. The highest BCUT2D eigenvalue weighted by atomic mass is 35.5. The van der Waals surface area contributed by atoms with E-state index in [-0.39, 0.29) is 30.4 Å². The van der Waals surface area contributed by atoms with Crippen LogP contribution in [0.3, 0.4) is 0 Å². The summed E-state index contributed by atoms with van der Waals surface area (Å²) >= 11 is 12.3. The number of hydrogen-bond donors (Lipinski definition) is 6. The van der Waals surface area contributed by atoms with Gasteiger partial charge in [0.25, 0.3) is 0 Å². The maximum Gasteiger partial charge on any atom is 0.319 e. The zero-order valence-electron chi connectivity index (χ0n) is 19.7. The van der Waals surface area contributed by atoms with Crippen LogP contribution in [0, 0.1) is 0 Å². The van der Waals surface area contributed by atoms with Crippen molar-refractivity contribution < 1.29 is 15.0 Å². The molecule has 10 heteroatoms. The molecule has 0 bridgehead atoms. The quantitative estimate of drug-likeness (QED) is 0.171. The lowest BCUT2D eigenvalue weighted by Crippen LogP contribution is -2.28. The third kappa shape index (κ3) is 6.81. The predicted molar refractivity (Wildman–Crippen MR) is 147 cm³/mol. The molecule has 8 nitrogen and oxygen atoms in total. The summed E-state index contributed by atoms with van der Waals surface area (Å²) in [6, 6.07) is 18.3. The number of phenols is 1. The number of amides is 2. The number of anilines is 1. The molecule has 2 amide bonds. The van der Waals surface area contributed by atoms with Crippen molar-refractivity contribution in [2.75, 3.05) is 18.4 Å². The molecule has 6 N–H and O–H groups in total. The summed E-state index contributed by atoms with van der Waals surface area (Å²) in [7, 11) is 0. The third-order valence-corrected chi connectivity index (χ3v) is 6.57. The van der Waals surface area contributed by atoms with Gasteiger partial charge in [0.05, 0.1) is 11.6 Å². The van der Waals surface area contributed by atoms with Crippen molar-refractivity contribution in [1.29, 1.82) is 0 Å². The van der Waals surface area contributed by atoms with Gasteiger partial charge >= 0.3 is 6.03 Å². The second kappa shape index (κ2) is 12.1. The number of hydrogen-bond acceptors (Lipinski definition) is 5. The van der Waals surface area contributed by atoms with E-state index in [1.807, 2.05) is 18.2 Å². The number of halogens is 2. The normalized spacial score (nSPS) is 11.9. The number of urea groups is 1. The van der Waals surface area contributed by atoms with Crippen molar-refractivity contribution in [2.45, 2.75) is 19.1 Å². The first-order valence-corrected chi connectivity index (χ1v) is 12.4. The first-order valence-electron chi connectivity index (χ1n) is 11.6. The average Bonchev–Trinajstić information content (AvgIpc) is 2.87. The van der Waals surface area contributed by atoms with Gasteiger partial charge in [-0.1, -0.05) is 47.5 Å². The van der Waals surface area contributed by atoms with Crippen LogP contribution in [0.2, 0.25) is 10.0 Å². The average molecular weight is 541 g/mol. The number of rotatable bonds is 9. The van der Waals surface area contributed by atoms with E-state index in [9.17, 15) is 19.8 Å². The molecule has 4 aromatic rings. The monoisotopic (exact) mass is 540 g/mol. The van der Waals surface area contributed by atoms with E-state index in [1.165, 1.54) is 12.1 Å². The molecule has 0 aliphatic heterocycles. The van der Waals surface area contributed by atoms with Gasteiger partial charge in [-0.05, 0) is 60.5 Å². The van der Waals surface area contributed by atoms with Gasteiger partial charge < -0.3 is 31.1 Å². The van der Waals surface area contributed by atoms with E-state index < -0.39 is 6.10 Å². The molecule has 1 atom stereocenters. The van der Waals surface area contributed by atoms with Gasteiger partial charge in [0, 0.05) is 45.8 Å². The Morgan fingerprint density at radius 1 is 1.00 bits per heavy atom. The molecule has 3 aromatic carbocycles. The summed E-state index contributed by atoms with van der Waals surface area (Å²) in [6.07, 6.45) is -0.166. The number of aromatic nitrogens is 1.